The Balaban J connectivity index is 2.02. The second-order valence-electron chi connectivity index (χ2n) is 6.40. The maximum Gasteiger partial charge on any atom is 0.127 e. The van der Waals surface area contributed by atoms with Crippen LogP contribution in [0.15, 0.2) is 18.2 Å². The highest BCUT2D eigenvalue weighted by Gasteiger charge is 2.31. The topological polar surface area (TPSA) is 41.5 Å². The summed E-state index contributed by atoms with van der Waals surface area (Å²) < 4.78 is 6.03. The highest BCUT2D eigenvalue weighted by molar-refractivity contribution is 5.45. The van der Waals surface area contributed by atoms with E-state index < -0.39 is 5.60 Å². The molecule has 19 heavy (non-hydrogen) atoms. The fraction of sp³-hybridized carbons (Fsp3) is 0.625. The van der Waals surface area contributed by atoms with E-state index in [4.69, 9.17) is 4.74 Å². The van der Waals surface area contributed by atoms with Crippen LogP contribution in [0.1, 0.15) is 45.2 Å². The summed E-state index contributed by atoms with van der Waals surface area (Å²) in [5, 5.41) is 13.3. The van der Waals surface area contributed by atoms with Crippen molar-refractivity contribution in [3.05, 3.63) is 29.3 Å². The molecule has 2 N–H and O–H groups in total. The SMILES string of the molecule is CCC(C)(O)CNCc1cccc2c1OC(C)(C)C2. The van der Waals surface area contributed by atoms with E-state index in [2.05, 4.69) is 37.4 Å². The number of aliphatic hydroxyl groups is 1. The van der Waals surface area contributed by atoms with Crippen molar-refractivity contribution < 1.29 is 9.84 Å². The summed E-state index contributed by atoms with van der Waals surface area (Å²) in [6.45, 7) is 9.41. The van der Waals surface area contributed by atoms with E-state index in [-0.39, 0.29) is 5.60 Å². The van der Waals surface area contributed by atoms with E-state index in [1.165, 1.54) is 11.1 Å². The van der Waals surface area contributed by atoms with Gasteiger partial charge in [0.15, 0.2) is 0 Å². The summed E-state index contributed by atoms with van der Waals surface area (Å²) in [7, 11) is 0. The molecule has 0 saturated heterocycles. The molecule has 1 unspecified atom stereocenters. The van der Waals surface area contributed by atoms with Crippen molar-refractivity contribution in [2.24, 2.45) is 0 Å². The first-order chi connectivity index (χ1) is 8.83. The molecule has 1 aliphatic heterocycles. The fourth-order valence-corrected chi connectivity index (χ4v) is 2.41. The molecule has 0 spiro atoms. The van der Waals surface area contributed by atoms with Crippen molar-refractivity contribution in [2.75, 3.05) is 6.54 Å². The molecule has 0 aromatic heterocycles. The van der Waals surface area contributed by atoms with Gasteiger partial charge in [-0.25, -0.2) is 0 Å². The second-order valence-corrected chi connectivity index (χ2v) is 6.40. The number of rotatable bonds is 5. The minimum absolute atomic E-state index is 0.104. The van der Waals surface area contributed by atoms with Gasteiger partial charge in [0, 0.05) is 25.1 Å². The molecule has 1 heterocycles. The third-order valence-electron chi connectivity index (χ3n) is 3.76. The zero-order chi connectivity index (χ0) is 14.1. The Morgan fingerprint density at radius 1 is 1.42 bits per heavy atom. The normalized spacial score (nSPS) is 19.6. The van der Waals surface area contributed by atoms with Crippen LogP contribution in [0.2, 0.25) is 0 Å². The largest absolute Gasteiger partial charge is 0.487 e. The summed E-state index contributed by atoms with van der Waals surface area (Å²) in [6.07, 6.45) is 1.71. The number of benzene rings is 1. The lowest BCUT2D eigenvalue weighted by atomic mass is 10.0. The molecule has 0 saturated carbocycles. The average molecular weight is 263 g/mol. The summed E-state index contributed by atoms with van der Waals surface area (Å²) in [6, 6.07) is 6.31. The first kappa shape index (κ1) is 14.4. The number of ether oxygens (including phenoxy) is 1. The van der Waals surface area contributed by atoms with Gasteiger partial charge < -0.3 is 15.2 Å². The zero-order valence-electron chi connectivity index (χ0n) is 12.4. The van der Waals surface area contributed by atoms with Crippen LogP contribution >= 0.6 is 0 Å². The summed E-state index contributed by atoms with van der Waals surface area (Å²) in [5.74, 6) is 1.02. The van der Waals surface area contributed by atoms with Crippen LogP contribution in [0.25, 0.3) is 0 Å². The van der Waals surface area contributed by atoms with Gasteiger partial charge in [-0.05, 0) is 32.8 Å². The molecule has 3 heteroatoms. The van der Waals surface area contributed by atoms with Gasteiger partial charge in [-0.2, -0.15) is 0 Å². The lowest BCUT2D eigenvalue weighted by molar-refractivity contribution is 0.0554. The molecular formula is C16H25NO2. The smallest absolute Gasteiger partial charge is 0.127 e. The molecule has 1 aromatic rings. The number of hydrogen-bond acceptors (Lipinski definition) is 3. The Morgan fingerprint density at radius 2 is 2.16 bits per heavy atom. The quantitative estimate of drug-likeness (QED) is 0.858. The van der Waals surface area contributed by atoms with Crippen LogP contribution in [-0.2, 0) is 13.0 Å². The van der Waals surface area contributed by atoms with E-state index in [9.17, 15) is 5.11 Å². The van der Waals surface area contributed by atoms with Crippen molar-refractivity contribution in [3.63, 3.8) is 0 Å². The van der Waals surface area contributed by atoms with Gasteiger partial charge in [0.05, 0.1) is 5.60 Å². The molecule has 106 valence electrons. The third-order valence-corrected chi connectivity index (χ3v) is 3.76. The van der Waals surface area contributed by atoms with Crippen molar-refractivity contribution >= 4 is 0 Å². The highest BCUT2D eigenvalue weighted by atomic mass is 16.5. The van der Waals surface area contributed by atoms with E-state index in [1.807, 2.05) is 13.8 Å². The first-order valence-electron chi connectivity index (χ1n) is 7.06. The average Bonchev–Trinajstić information content (AvgIpc) is 2.64. The van der Waals surface area contributed by atoms with Crippen LogP contribution in [0.3, 0.4) is 0 Å². The van der Waals surface area contributed by atoms with Gasteiger partial charge in [-0.15, -0.1) is 0 Å². The second kappa shape index (κ2) is 5.14. The van der Waals surface area contributed by atoms with E-state index in [0.29, 0.717) is 6.54 Å². The molecule has 0 radical (unpaired) electrons. The molecule has 0 aliphatic carbocycles. The van der Waals surface area contributed by atoms with Crippen LogP contribution in [0.5, 0.6) is 5.75 Å². The molecule has 3 nitrogen and oxygen atoms in total. The molecule has 2 rings (SSSR count). The number of fused-ring (bicyclic) bond motifs is 1. The fourth-order valence-electron chi connectivity index (χ4n) is 2.41. The standard InChI is InChI=1S/C16H25NO2/c1-5-16(4,18)11-17-10-13-8-6-7-12-9-15(2,3)19-14(12)13/h6-8,17-18H,5,9-11H2,1-4H3. The maximum atomic E-state index is 9.98. The van der Waals surface area contributed by atoms with Gasteiger partial charge in [0.25, 0.3) is 0 Å². The van der Waals surface area contributed by atoms with Gasteiger partial charge in [0.2, 0.25) is 0 Å². The number of para-hydroxylation sites is 1. The van der Waals surface area contributed by atoms with Crippen LogP contribution < -0.4 is 10.1 Å². The summed E-state index contributed by atoms with van der Waals surface area (Å²) >= 11 is 0. The van der Waals surface area contributed by atoms with Gasteiger partial charge in [-0.1, -0.05) is 25.1 Å². The summed E-state index contributed by atoms with van der Waals surface area (Å²) in [5.41, 5.74) is 1.72. The molecular weight excluding hydrogens is 238 g/mol. The van der Waals surface area contributed by atoms with Gasteiger partial charge in [0.1, 0.15) is 11.4 Å². The Hall–Kier alpha value is -1.06. The lowest BCUT2D eigenvalue weighted by Gasteiger charge is -2.22. The Kier molecular flexibility index (Phi) is 3.88. The van der Waals surface area contributed by atoms with Crippen molar-refractivity contribution in [3.8, 4) is 5.75 Å². The molecule has 1 atom stereocenters. The monoisotopic (exact) mass is 263 g/mol. The highest BCUT2D eigenvalue weighted by Crippen LogP contribution is 2.37. The Labute approximate surface area is 116 Å². The molecule has 1 aromatic carbocycles. The van der Waals surface area contributed by atoms with E-state index in [1.54, 1.807) is 0 Å². The molecule has 0 bridgehead atoms. The van der Waals surface area contributed by atoms with Crippen molar-refractivity contribution in [1.82, 2.24) is 5.32 Å². The van der Waals surface area contributed by atoms with Gasteiger partial charge in [-0.3, -0.25) is 0 Å². The Morgan fingerprint density at radius 3 is 2.84 bits per heavy atom. The van der Waals surface area contributed by atoms with Crippen LogP contribution in [-0.4, -0.2) is 22.9 Å². The molecule has 1 aliphatic rings. The van der Waals surface area contributed by atoms with Crippen LogP contribution in [0, 0.1) is 0 Å². The van der Waals surface area contributed by atoms with E-state index >= 15 is 0 Å². The molecule has 0 fully saturated rings. The van der Waals surface area contributed by atoms with Gasteiger partial charge >= 0.3 is 0 Å². The van der Waals surface area contributed by atoms with Crippen molar-refractivity contribution in [1.29, 1.82) is 0 Å². The van der Waals surface area contributed by atoms with Crippen LogP contribution in [0.4, 0.5) is 0 Å². The number of hydrogen-bond donors (Lipinski definition) is 2. The molecule has 0 amide bonds. The lowest BCUT2D eigenvalue weighted by Crippen LogP contribution is -2.36. The predicted molar refractivity (Wildman–Crippen MR) is 77.5 cm³/mol. The Bertz CT molecular complexity index is 452. The number of nitrogens with one attached hydrogen (secondary N) is 1. The summed E-state index contributed by atoms with van der Waals surface area (Å²) in [4.78, 5) is 0. The zero-order valence-corrected chi connectivity index (χ0v) is 12.4. The van der Waals surface area contributed by atoms with E-state index in [0.717, 1.165) is 25.1 Å². The first-order valence-corrected chi connectivity index (χ1v) is 7.06. The van der Waals surface area contributed by atoms with Crippen molar-refractivity contribution in [2.45, 2.75) is 58.3 Å². The minimum atomic E-state index is -0.641. The minimum Gasteiger partial charge on any atom is -0.487 e. The third kappa shape index (κ3) is 3.48. The predicted octanol–water partition coefficient (Wildman–Crippen LogP) is 2.65. The maximum absolute atomic E-state index is 9.98.